The van der Waals surface area contributed by atoms with E-state index in [9.17, 15) is 28.1 Å². The monoisotopic (exact) mass is 443 g/mol. The largest absolute Gasteiger partial charge is 0.417 e. The Morgan fingerprint density at radius 2 is 1.90 bits per heavy atom. The molecule has 1 N–H and O–H groups in total. The van der Waals surface area contributed by atoms with E-state index in [-0.39, 0.29) is 28.8 Å². The highest BCUT2D eigenvalue weighted by atomic mass is 35.5. The van der Waals surface area contributed by atoms with E-state index >= 15 is 0 Å². The Bertz CT molecular complexity index is 949. The zero-order valence-electron chi connectivity index (χ0n) is 15.5. The van der Waals surface area contributed by atoms with Crippen molar-refractivity contribution in [2.24, 2.45) is 0 Å². The van der Waals surface area contributed by atoms with Gasteiger partial charge in [0.1, 0.15) is 11.5 Å². The molecule has 12 heteroatoms. The SMILES string of the molecule is O=C(CN1CCN(c2ncc(C(F)(F)F)cc2Cl)CC1)Nc1ccccc1[N+](=O)[O-]. The minimum Gasteiger partial charge on any atom is -0.353 e. The Morgan fingerprint density at radius 3 is 2.50 bits per heavy atom. The summed E-state index contributed by atoms with van der Waals surface area (Å²) in [6, 6.07) is 6.69. The molecular formula is C18H17ClF3N5O3. The fourth-order valence-electron chi connectivity index (χ4n) is 3.07. The van der Waals surface area contributed by atoms with Crippen molar-refractivity contribution >= 4 is 34.7 Å². The molecule has 0 saturated carbocycles. The number of para-hydroxylation sites is 2. The van der Waals surface area contributed by atoms with Crippen LogP contribution < -0.4 is 10.2 Å². The maximum atomic E-state index is 12.7. The third-order valence-corrected chi connectivity index (χ3v) is 4.84. The molecule has 1 saturated heterocycles. The summed E-state index contributed by atoms with van der Waals surface area (Å²) in [5, 5.41) is 13.5. The number of pyridine rings is 1. The van der Waals surface area contributed by atoms with Crippen molar-refractivity contribution in [2.45, 2.75) is 6.18 Å². The number of alkyl halides is 3. The molecule has 0 atom stereocenters. The van der Waals surface area contributed by atoms with E-state index in [2.05, 4.69) is 10.3 Å². The molecule has 1 aliphatic heterocycles. The van der Waals surface area contributed by atoms with Crippen LogP contribution in [0, 0.1) is 10.1 Å². The summed E-state index contributed by atoms with van der Waals surface area (Å²) in [4.78, 5) is 30.1. The number of halogens is 4. The molecule has 0 bridgehead atoms. The third-order valence-electron chi connectivity index (χ3n) is 4.56. The summed E-state index contributed by atoms with van der Waals surface area (Å²) in [5.74, 6) is -0.142. The van der Waals surface area contributed by atoms with Crippen molar-refractivity contribution in [3.05, 3.63) is 57.2 Å². The Hall–Kier alpha value is -2.92. The van der Waals surface area contributed by atoms with Crippen LogP contribution in [0.15, 0.2) is 36.5 Å². The number of piperazine rings is 1. The first-order valence-corrected chi connectivity index (χ1v) is 9.26. The van der Waals surface area contributed by atoms with Crippen LogP contribution in [0.25, 0.3) is 0 Å². The minimum absolute atomic E-state index is 0.0219. The lowest BCUT2D eigenvalue weighted by atomic mass is 10.2. The Morgan fingerprint density at radius 1 is 1.23 bits per heavy atom. The number of carbonyl (C=O) groups excluding carboxylic acids is 1. The smallest absolute Gasteiger partial charge is 0.353 e. The molecule has 160 valence electrons. The first kappa shape index (κ1) is 21.8. The first-order chi connectivity index (χ1) is 14.1. The second-order valence-corrected chi connectivity index (χ2v) is 7.02. The molecule has 1 fully saturated rings. The number of nitrogens with zero attached hydrogens (tertiary/aromatic N) is 4. The van der Waals surface area contributed by atoms with Gasteiger partial charge < -0.3 is 10.2 Å². The van der Waals surface area contributed by atoms with E-state index in [4.69, 9.17) is 11.6 Å². The lowest BCUT2D eigenvalue weighted by Gasteiger charge is -2.35. The molecule has 1 amide bonds. The van der Waals surface area contributed by atoms with Crippen molar-refractivity contribution in [1.82, 2.24) is 9.88 Å². The van der Waals surface area contributed by atoms with E-state index in [1.165, 1.54) is 18.2 Å². The van der Waals surface area contributed by atoms with Gasteiger partial charge >= 0.3 is 6.18 Å². The van der Waals surface area contributed by atoms with Crippen molar-refractivity contribution in [3.8, 4) is 0 Å². The van der Waals surface area contributed by atoms with Crippen molar-refractivity contribution in [2.75, 3.05) is 42.9 Å². The van der Waals surface area contributed by atoms with Gasteiger partial charge in [0.05, 0.1) is 22.1 Å². The van der Waals surface area contributed by atoms with Gasteiger partial charge in [0, 0.05) is 38.4 Å². The second kappa shape index (κ2) is 8.84. The van der Waals surface area contributed by atoms with Crippen molar-refractivity contribution in [1.29, 1.82) is 0 Å². The highest BCUT2D eigenvalue weighted by Crippen LogP contribution is 2.33. The Labute approximate surface area is 174 Å². The van der Waals surface area contributed by atoms with Crippen LogP contribution in [0.2, 0.25) is 5.02 Å². The molecule has 8 nitrogen and oxygen atoms in total. The second-order valence-electron chi connectivity index (χ2n) is 6.61. The van der Waals surface area contributed by atoms with Crippen molar-refractivity contribution in [3.63, 3.8) is 0 Å². The molecule has 0 aliphatic carbocycles. The summed E-state index contributed by atoms with van der Waals surface area (Å²) in [5.41, 5.74) is -0.993. The molecular weight excluding hydrogens is 427 g/mol. The number of nitro benzene ring substituents is 1. The number of nitro groups is 1. The van der Waals surface area contributed by atoms with Gasteiger partial charge in [-0.25, -0.2) is 4.98 Å². The van der Waals surface area contributed by atoms with Crippen LogP contribution in [0.4, 0.5) is 30.4 Å². The fraction of sp³-hybridized carbons (Fsp3) is 0.333. The number of benzene rings is 1. The molecule has 2 heterocycles. The summed E-state index contributed by atoms with van der Waals surface area (Å²) in [6.45, 7) is 1.74. The topological polar surface area (TPSA) is 91.6 Å². The summed E-state index contributed by atoms with van der Waals surface area (Å²) < 4.78 is 38.2. The zero-order chi connectivity index (χ0) is 21.9. The molecule has 1 aromatic heterocycles. The summed E-state index contributed by atoms with van der Waals surface area (Å²) in [7, 11) is 0. The van der Waals surface area contributed by atoms with E-state index in [0.717, 1.165) is 12.3 Å². The molecule has 0 radical (unpaired) electrons. The Balaban J connectivity index is 1.56. The van der Waals surface area contributed by atoms with Gasteiger partial charge in [-0.3, -0.25) is 19.8 Å². The van der Waals surface area contributed by atoms with E-state index in [1.807, 2.05) is 4.90 Å². The normalized spacial score (nSPS) is 15.1. The predicted molar refractivity (Wildman–Crippen MR) is 105 cm³/mol. The van der Waals surface area contributed by atoms with Crippen LogP contribution in [0.5, 0.6) is 0 Å². The molecule has 0 spiro atoms. The quantitative estimate of drug-likeness (QED) is 0.562. The maximum Gasteiger partial charge on any atom is 0.417 e. The lowest BCUT2D eigenvalue weighted by molar-refractivity contribution is -0.383. The van der Waals surface area contributed by atoms with Gasteiger partial charge in [0.2, 0.25) is 5.91 Å². The van der Waals surface area contributed by atoms with E-state index in [1.54, 1.807) is 11.0 Å². The van der Waals surface area contributed by atoms with Gasteiger partial charge in [-0.15, -0.1) is 0 Å². The van der Waals surface area contributed by atoms with Crippen LogP contribution in [0.3, 0.4) is 0 Å². The van der Waals surface area contributed by atoms with Crippen LogP contribution in [-0.4, -0.2) is 53.4 Å². The average Bonchev–Trinajstić information content (AvgIpc) is 2.68. The number of amides is 1. The molecule has 1 aromatic carbocycles. The Kier molecular flexibility index (Phi) is 6.42. The highest BCUT2D eigenvalue weighted by Gasteiger charge is 2.32. The fourth-order valence-corrected chi connectivity index (χ4v) is 3.35. The van der Waals surface area contributed by atoms with Gasteiger partial charge in [0.25, 0.3) is 5.69 Å². The molecule has 0 unspecified atom stereocenters. The molecule has 1 aliphatic rings. The number of aromatic nitrogens is 1. The van der Waals surface area contributed by atoms with Crippen molar-refractivity contribution < 1.29 is 22.9 Å². The van der Waals surface area contributed by atoms with Crippen LogP contribution in [0.1, 0.15) is 5.56 Å². The van der Waals surface area contributed by atoms with E-state index < -0.39 is 22.6 Å². The summed E-state index contributed by atoms with van der Waals surface area (Å²) in [6.07, 6.45) is -3.77. The molecule has 3 rings (SSSR count). The standard InChI is InChI=1S/C18H17ClF3N5O3/c19-13-9-12(18(20,21)22)10-23-17(13)26-7-5-25(6-8-26)11-16(28)24-14-3-1-2-4-15(14)27(29)30/h1-4,9-10H,5-8,11H2,(H,24,28). The minimum atomic E-state index is -4.52. The maximum absolute atomic E-state index is 12.7. The summed E-state index contributed by atoms with van der Waals surface area (Å²) >= 11 is 5.98. The zero-order valence-corrected chi connectivity index (χ0v) is 16.3. The number of carbonyl (C=O) groups is 1. The number of rotatable bonds is 5. The third kappa shape index (κ3) is 5.16. The van der Waals surface area contributed by atoms with Gasteiger partial charge in [-0.2, -0.15) is 13.2 Å². The van der Waals surface area contributed by atoms with Crippen LogP contribution in [-0.2, 0) is 11.0 Å². The van der Waals surface area contributed by atoms with Gasteiger partial charge in [0.15, 0.2) is 0 Å². The van der Waals surface area contributed by atoms with Gasteiger partial charge in [-0.1, -0.05) is 23.7 Å². The van der Waals surface area contributed by atoms with Gasteiger partial charge in [-0.05, 0) is 12.1 Å². The van der Waals surface area contributed by atoms with E-state index in [0.29, 0.717) is 26.2 Å². The number of nitrogens with one attached hydrogen (secondary N) is 1. The molecule has 2 aromatic rings. The number of anilines is 2. The predicted octanol–water partition coefficient (Wildman–Crippen LogP) is 3.42. The highest BCUT2D eigenvalue weighted by molar-refractivity contribution is 6.33. The first-order valence-electron chi connectivity index (χ1n) is 8.88. The average molecular weight is 444 g/mol. The van der Waals surface area contributed by atoms with Crippen LogP contribution >= 0.6 is 11.6 Å². The lowest BCUT2D eigenvalue weighted by Crippen LogP contribution is -2.49. The number of hydrogen-bond donors (Lipinski definition) is 1. The number of hydrogen-bond acceptors (Lipinski definition) is 6. The molecule has 30 heavy (non-hydrogen) atoms.